The topological polar surface area (TPSA) is 53.4 Å². The van der Waals surface area contributed by atoms with E-state index < -0.39 is 5.97 Å². The zero-order chi connectivity index (χ0) is 10.1. The fourth-order valence-corrected chi connectivity index (χ4v) is 2.75. The molecule has 1 aliphatic rings. The normalized spacial score (nSPS) is 22.8. The smallest absolute Gasteiger partial charge is 0.355 e. The van der Waals surface area contributed by atoms with Gasteiger partial charge in [0.25, 0.3) is 0 Å². The molecule has 1 aromatic rings. The summed E-state index contributed by atoms with van der Waals surface area (Å²) < 4.78 is 0. The van der Waals surface area contributed by atoms with E-state index in [9.17, 15) is 4.79 Å². The Kier molecular flexibility index (Phi) is 2.52. The van der Waals surface area contributed by atoms with Gasteiger partial charge in [-0.15, -0.1) is 11.3 Å². The number of nitrogens with zero attached hydrogens (tertiary/aromatic N) is 2. The number of carboxylic acids is 1. The number of likely N-dealkylation sites (tertiary alicyclic amines) is 1. The van der Waals surface area contributed by atoms with E-state index in [1.807, 2.05) is 0 Å². The number of hydrogen-bond acceptors (Lipinski definition) is 4. The molecule has 0 aliphatic carbocycles. The summed E-state index contributed by atoms with van der Waals surface area (Å²) in [5, 5.41) is 11.3. The van der Waals surface area contributed by atoms with Crippen molar-refractivity contribution in [2.45, 2.75) is 18.9 Å². The van der Waals surface area contributed by atoms with Gasteiger partial charge in [-0.25, -0.2) is 9.78 Å². The van der Waals surface area contributed by atoms with Crippen LogP contribution in [0, 0.1) is 0 Å². The molecular formula is C9H12N2O2S. The lowest BCUT2D eigenvalue weighted by Gasteiger charge is -2.16. The Morgan fingerprint density at radius 2 is 2.57 bits per heavy atom. The maximum atomic E-state index is 10.6. The minimum absolute atomic E-state index is 0.172. The second-order valence-electron chi connectivity index (χ2n) is 3.51. The van der Waals surface area contributed by atoms with Crippen molar-refractivity contribution in [1.29, 1.82) is 0 Å². The third kappa shape index (κ3) is 1.65. The van der Waals surface area contributed by atoms with E-state index in [0.29, 0.717) is 6.04 Å². The molecule has 1 unspecified atom stereocenters. The van der Waals surface area contributed by atoms with E-state index in [2.05, 4.69) is 16.9 Å². The molecule has 1 aliphatic heterocycles. The van der Waals surface area contributed by atoms with Gasteiger partial charge in [0.2, 0.25) is 0 Å². The first-order chi connectivity index (χ1) is 6.68. The SMILES string of the molecule is CN1CCCC1c1nc(C(=O)O)cs1. The summed E-state index contributed by atoms with van der Waals surface area (Å²) in [5.74, 6) is -0.937. The van der Waals surface area contributed by atoms with Crippen molar-refractivity contribution in [3.8, 4) is 0 Å². The van der Waals surface area contributed by atoms with E-state index in [4.69, 9.17) is 5.11 Å². The zero-order valence-corrected chi connectivity index (χ0v) is 8.75. The predicted molar refractivity (Wildman–Crippen MR) is 53.7 cm³/mol. The molecular weight excluding hydrogens is 200 g/mol. The molecule has 2 rings (SSSR count). The number of rotatable bonds is 2. The van der Waals surface area contributed by atoms with Crippen molar-refractivity contribution in [1.82, 2.24) is 9.88 Å². The molecule has 14 heavy (non-hydrogen) atoms. The Morgan fingerprint density at radius 3 is 3.07 bits per heavy atom. The first-order valence-corrected chi connectivity index (χ1v) is 5.45. The molecule has 0 bridgehead atoms. The second kappa shape index (κ2) is 3.67. The highest BCUT2D eigenvalue weighted by molar-refractivity contribution is 7.09. The van der Waals surface area contributed by atoms with E-state index in [1.54, 1.807) is 5.38 Å². The van der Waals surface area contributed by atoms with Gasteiger partial charge >= 0.3 is 5.97 Å². The molecule has 0 spiro atoms. The first kappa shape index (κ1) is 9.61. The molecule has 1 aromatic heterocycles. The van der Waals surface area contributed by atoms with Gasteiger partial charge in [0.15, 0.2) is 5.69 Å². The van der Waals surface area contributed by atoms with Gasteiger partial charge in [0, 0.05) is 5.38 Å². The van der Waals surface area contributed by atoms with E-state index in [-0.39, 0.29) is 5.69 Å². The van der Waals surface area contributed by atoms with Crippen LogP contribution in [0.25, 0.3) is 0 Å². The molecule has 1 atom stereocenters. The van der Waals surface area contributed by atoms with Crippen LogP contribution in [0.5, 0.6) is 0 Å². The lowest BCUT2D eigenvalue weighted by atomic mass is 10.2. The number of thiazole rings is 1. The molecule has 5 heteroatoms. The third-order valence-electron chi connectivity index (χ3n) is 2.55. The van der Waals surface area contributed by atoms with Crippen molar-refractivity contribution in [2.75, 3.05) is 13.6 Å². The molecule has 2 heterocycles. The average molecular weight is 212 g/mol. The second-order valence-corrected chi connectivity index (χ2v) is 4.40. The van der Waals surface area contributed by atoms with Crippen LogP contribution < -0.4 is 0 Å². The van der Waals surface area contributed by atoms with E-state index in [0.717, 1.165) is 18.0 Å². The highest BCUT2D eigenvalue weighted by Crippen LogP contribution is 2.32. The van der Waals surface area contributed by atoms with Crippen LogP contribution in [0.15, 0.2) is 5.38 Å². The molecule has 0 saturated carbocycles. The van der Waals surface area contributed by atoms with Crippen molar-refractivity contribution in [3.63, 3.8) is 0 Å². The predicted octanol–water partition coefficient (Wildman–Crippen LogP) is 1.61. The van der Waals surface area contributed by atoms with Crippen molar-refractivity contribution < 1.29 is 9.90 Å². The monoisotopic (exact) mass is 212 g/mol. The highest BCUT2D eigenvalue weighted by Gasteiger charge is 2.25. The van der Waals surface area contributed by atoms with Crippen LogP contribution >= 0.6 is 11.3 Å². The lowest BCUT2D eigenvalue weighted by molar-refractivity contribution is 0.0691. The Balaban J connectivity index is 2.20. The van der Waals surface area contributed by atoms with Crippen LogP contribution in [0.2, 0.25) is 0 Å². The average Bonchev–Trinajstić information content (AvgIpc) is 2.71. The summed E-state index contributed by atoms with van der Waals surface area (Å²) >= 11 is 1.45. The maximum Gasteiger partial charge on any atom is 0.355 e. The summed E-state index contributed by atoms with van der Waals surface area (Å²) in [6.45, 7) is 1.08. The zero-order valence-electron chi connectivity index (χ0n) is 7.93. The number of carboxylic acid groups (broad SMARTS) is 1. The van der Waals surface area contributed by atoms with Gasteiger partial charge in [0.1, 0.15) is 5.01 Å². The fraction of sp³-hybridized carbons (Fsp3) is 0.556. The van der Waals surface area contributed by atoms with Crippen molar-refractivity contribution in [3.05, 3.63) is 16.1 Å². The van der Waals surface area contributed by atoms with Gasteiger partial charge in [-0.2, -0.15) is 0 Å². The lowest BCUT2D eigenvalue weighted by Crippen LogP contribution is -2.17. The fourth-order valence-electron chi connectivity index (χ4n) is 1.76. The Labute approximate surface area is 86.2 Å². The molecule has 76 valence electrons. The van der Waals surface area contributed by atoms with E-state index >= 15 is 0 Å². The number of aromatic carboxylic acids is 1. The van der Waals surface area contributed by atoms with Crippen molar-refractivity contribution >= 4 is 17.3 Å². The van der Waals surface area contributed by atoms with Crippen LogP contribution in [0.3, 0.4) is 0 Å². The minimum atomic E-state index is -0.937. The molecule has 1 saturated heterocycles. The standard InChI is InChI=1S/C9H12N2O2S/c1-11-4-2-3-7(11)8-10-6(5-14-8)9(12)13/h5,7H,2-4H2,1H3,(H,12,13). The minimum Gasteiger partial charge on any atom is -0.476 e. The summed E-state index contributed by atoms with van der Waals surface area (Å²) in [4.78, 5) is 17.0. The summed E-state index contributed by atoms with van der Waals surface area (Å²) in [5.41, 5.74) is 0.172. The van der Waals surface area contributed by atoms with Crippen molar-refractivity contribution in [2.24, 2.45) is 0 Å². The summed E-state index contributed by atoms with van der Waals surface area (Å²) in [6.07, 6.45) is 2.26. The van der Waals surface area contributed by atoms with E-state index in [1.165, 1.54) is 17.8 Å². The highest BCUT2D eigenvalue weighted by atomic mass is 32.1. The molecule has 0 radical (unpaired) electrons. The van der Waals surface area contributed by atoms with Gasteiger partial charge in [-0.1, -0.05) is 0 Å². The molecule has 4 nitrogen and oxygen atoms in total. The number of aromatic nitrogens is 1. The summed E-state index contributed by atoms with van der Waals surface area (Å²) in [6, 6.07) is 0.327. The van der Waals surface area contributed by atoms with Gasteiger partial charge in [0.05, 0.1) is 6.04 Å². The molecule has 1 fully saturated rings. The maximum absolute atomic E-state index is 10.6. The van der Waals surface area contributed by atoms with Gasteiger partial charge in [-0.05, 0) is 26.4 Å². The molecule has 1 N–H and O–H groups in total. The Bertz CT molecular complexity index is 350. The number of hydrogen-bond donors (Lipinski definition) is 1. The van der Waals surface area contributed by atoms with Crippen LogP contribution in [0.1, 0.15) is 34.4 Å². The van der Waals surface area contributed by atoms with Gasteiger partial charge in [-0.3, -0.25) is 4.90 Å². The Hall–Kier alpha value is -0.940. The van der Waals surface area contributed by atoms with Crippen LogP contribution in [0.4, 0.5) is 0 Å². The summed E-state index contributed by atoms with van der Waals surface area (Å²) in [7, 11) is 2.06. The molecule has 0 aromatic carbocycles. The van der Waals surface area contributed by atoms with Crippen LogP contribution in [-0.2, 0) is 0 Å². The first-order valence-electron chi connectivity index (χ1n) is 4.57. The Morgan fingerprint density at radius 1 is 1.79 bits per heavy atom. The molecule has 0 amide bonds. The van der Waals surface area contributed by atoms with Gasteiger partial charge < -0.3 is 5.11 Å². The largest absolute Gasteiger partial charge is 0.476 e. The third-order valence-corrected chi connectivity index (χ3v) is 3.49. The quantitative estimate of drug-likeness (QED) is 0.809. The van der Waals surface area contributed by atoms with Crippen LogP contribution in [-0.4, -0.2) is 34.6 Å². The number of carbonyl (C=O) groups is 1.